The van der Waals surface area contributed by atoms with E-state index in [0.29, 0.717) is 5.56 Å². The van der Waals surface area contributed by atoms with E-state index in [0.717, 1.165) is 0 Å². The van der Waals surface area contributed by atoms with Gasteiger partial charge in [-0.1, -0.05) is 0 Å². The molecular formula is C10H9F2NO4. The largest absolute Gasteiger partial charge is 0.586 e. The van der Waals surface area contributed by atoms with Gasteiger partial charge in [-0.2, -0.15) is 0 Å². The zero-order chi connectivity index (χ0) is 12.6. The number of halogens is 2. The number of hydroxylamine groups is 1. The van der Waals surface area contributed by atoms with Crippen molar-refractivity contribution >= 4 is 5.78 Å². The number of ketones is 1. The number of hydrogen-bond donors (Lipinski definition) is 2. The van der Waals surface area contributed by atoms with Crippen molar-refractivity contribution in [3.8, 4) is 11.5 Å². The van der Waals surface area contributed by atoms with Gasteiger partial charge in [-0.3, -0.25) is 4.79 Å². The lowest BCUT2D eigenvalue weighted by atomic mass is 10.0. The summed E-state index contributed by atoms with van der Waals surface area (Å²) in [7, 11) is 0. The van der Waals surface area contributed by atoms with Crippen LogP contribution in [0.1, 0.15) is 22.8 Å². The van der Waals surface area contributed by atoms with Crippen molar-refractivity contribution in [1.82, 2.24) is 5.48 Å². The van der Waals surface area contributed by atoms with Crippen molar-refractivity contribution < 1.29 is 28.3 Å². The molecule has 0 fully saturated rings. The average molecular weight is 245 g/mol. The van der Waals surface area contributed by atoms with Gasteiger partial charge in [0.15, 0.2) is 17.3 Å². The van der Waals surface area contributed by atoms with Gasteiger partial charge in [-0.25, -0.2) is 5.48 Å². The van der Waals surface area contributed by atoms with E-state index in [1.807, 2.05) is 5.48 Å². The number of alkyl halides is 2. The molecular weight excluding hydrogens is 236 g/mol. The Labute approximate surface area is 94.9 Å². The molecule has 0 radical (unpaired) electrons. The summed E-state index contributed by atoms with van der Waals surface area (Å²) >= 11 is 0. The minimum absolute atomic E-state index is 0.0584. The molecule has 5 nitrogen and oxygen atoms in total. The van der Waals surface area contributed by atoms with Crippen LogP contribution in [-0.4, -0.2) is 17.3 Å². The van der Waals surface area contributed by atoms with Crippen molar-refractivity contribution in [3.05, 3.63) is 23.3 Å². The van der Waals surface area contributed by atoms with Crippen molar-refractivity contribution in [3.63, 3.8) is 0 Å². The molecule has 1 aromatic carbocycles. The fourth-order valence-corrected chi connectivity index (χ4v) is 1.60. The second kappa shape index (κ2) is 3.94. The lowest BCUT2D eigenvalue weighted by molar-refractivity contribution is -0.286. The molecule has 1 heterocycles. The first-order chi connectivity index (χ1) is 7.93. The molecule has 0 aromatic heterocycles. The second-order valence-corrected chi connectivity index (χ2v) is 3.51. The zero-order valence-corrected chi connectivity index (χ0v) is 8.79. The van der Waals surface area contributed by atoms with E-state index < -0.39 is 6.29 Å². The van der Waals surface area contributed by atoms with E-state index >= 15 is 0 Å². The van der Waals surface area contributed by atoms with E-state index in [2.05, 4.69) is 9.47 Å². The Bertz CT molecular complexity index is 476. The smallest absolute Gasteiger partial charge is 0.395 e. The van der Waals surface area contributed by atoms with Crippen LogP contribution in [0.4, 0.5) is 8.78 Å². The van der Waals surface area contributed by atoms with Gasteiger partial charge in [-0.15, -0.1) is 8.78 Å². The van der Waals surface area contributed by atoms with E-state index in [-0.39, 0.29) is 29.4 Å². The Morgan fingerprint density at radius 2 is 2.00 bits per heavy atom. The van der Waals surface area contributed by atoms with Crippen LogP contribution in [0.3, 0.4) is 0 Å². The second-order valence-electron chi connectivity index (χ2n) is 3.51. The highest BCUT2D eigenvalue weighted by molar-refractivity contribution is 5.96. The number of carbonyl (C=O) groups excluding carboxylic acids is 1. The van der Waals surface area contributed by atoms with Crippen LogP contribution in [-0.2, 0) is 6.54 Å². The molecule has 2 rings (SSSR count). The first kappa shape index (κ1) is 11.7. The van der Waals surface area contributed by atoms with Gasteiger partial charge in [0.2, 0.25) is 0 Å². The molecule has 1 aromatic rings. The molecule has 7 heteroatoms. The third-order valence-electron chi connectivity index (χ3n) is 2.28. The topological polar surface area (TPSA) is 67.8 Å². The predicted octanol–water partition coefficient (Wildman–Crippen LogP) is 1.69. The maximum atomic E-state index is 12.8. The summed E-state index contributed by atoms with van der Waals surface area (Å²) in [6.45, 7) is 1.23. The normalized spacial score (nSPS) is 16.0. The van der Waals surface area contributed by atoms with Crippen LogP contribution in [0.15, 0.2) is 12.1 Å². The van der Waals surface area contributed by atoms with Gasteiger partial charge in [0, 0.05) is 12.1 Å². The molecule has 0 atom stereocenters. The summed E-state index contributed by atoms with van der Waals surface area (Å²) in [4.78, 5) is 11.3. The van der Waals surface area contributed by atoms with Gasteiger partial charge >= 0.3 is 6.29 Å². The lowest BCUT2D eigenvalue weighted by Gasteiger charge is -2.06. The SMILES string of the molecule is CC(=O)c1cc2c(cc1CNO)OC(F)(F)O2. The molecule has 1 aliphatic rings. The first-order valence-electron chi connectivity index (χ1n) is 4.73. The Kier molecular flexibility index (Phi) is 2.72. The molecule has 2 N–H and O–H groups in total. The molecule has 92 valence electrons. The number of nitrogens with one attached hydrogen (secondary N) is 1. The van der Waals surface area contributed by atoms with Crippen LogP contribution in [0.5, 0.6) is 11.5 Å². The number of ether oxygens (including phenoxy) is 2. The minimum Gasteiger partial charge on any atom is -0.395 e. The predicted molar refractivity (Wildman–Crippen MR) is 51.3 cm³/mol. The van der Waals surface area contributed by atoms with Gasteiger partial charge in [0.05, 0.1) is 0 Å². The third-order valence-corrected chi connectivity index (χ3v) is 2.28. The zero-order valence-electron chi connectivity index (χ0n) is 8.79. The maximum Gasteiger partial charge on any atom is 0.586 e. The average Bonchev–Trinajstić information content (AvgIpc) is 2.50. The standard InChI is InChI=1S/C10H9F2NO4/c1-5(14)7-3-9-8(2-6(7)4-13-15)16-10(11,12)17-9/h2-3,13,15H,4H2,1H3. The van der Waals surface area contributed by atoms with E-state index in [1.165, 1.54) is 19.1 Å². The quantitative estimate of drug-likeness (QED) is 0.626. The molecule has 0 bridgehead atoms. The minimum atomic E-state index is -3.72. The van der Waals surface area contributed by atoms with Gasteiger partial charge in [0.25, 0.3) is 0 Å². The number of fused-ring (bicyclic) bond motifs is 1. The number of carbonyl (C=O) groups is 1. The monoisotopic (exact) mass is 245 g/mol. The van der Waals surface area contributed by atoms with Crippen molar-refractivity contribution in [1.29, 1.82) is 0 Å². The molecule has 0 aliphatic carbocycles. The number of hydrogen-bond acceptors (Lipinski definition) is 5. The van der Waals surface area contributed by atoms with Crippen LogP contribution in [0.25, 0.3) is 0 Å². The Hall–Kier alpha value is -1.73. The van der Waals surface area contributed by atoms with Crippen molar-refractivity contribution in [2.75, 3.05) is 0 Å². The highest BCUT2D eigenvalue weighted by Crippen LogP contribution is 2.42. The van der Waals surface area contributed by atoms with Gasteiger partial charge in [0.1, 0.15) is 0 Å². The summed E-state index contributed by atoms with van der Waals surface area (Å²) in [6, 6.07) is 2.40. The van der Waals surface area contributed by atoms with Crippen LogP contribution in [0.2, 0.25) is 0 Å². The van der Waals surface area contributed by atoms with Crippen molar-refractivity contribution in [2.45, 2.75) is 19.8 Å². The number of Topliss-reactive ketones (excluding diaryl/α,β-unsaturated/α-hetero) is 1. The van der Waals surface area contributed by atoms with E-state index in [9.17, 15) is 13.6 Å². The molecule has 0 saturated heterocycles. The molecule has 17 heavy (non-hydrogen) atoms. The highest BCUT2D eigenvalue weighted by Gasteiger charge is 2.43. The highest BCUT2D eigenvalue weighted by atomic mass is 19.3. The molecule has 0 spiro atoms. The summed E-state index contributed by atoms with van der Waals surface area (Å²) in [6.07, 6.45) is -3.72. The molecule has 0 unspecified atom stereocenters. The van der Waals surface area contributed by atoms with Crippen LogP contribution >= 0.6 is 0 Å². The van der Waals surface area contributed by atoms with E-state index in [4.69, 9.17) is 5.21 Å². The maximum absolute atomic E-state index is 12.8. The molecule has 1 aliphatic heterocycles. The summed E-state index contributed by atoms with van der Waals surface area (Å²) in [5.41, 5.74) is 2.39. The van der Waals surface area contributed by atoms with Crippen LogP contribution in [0, 0.1) is 0 Å². The lowest BCUT2D eigenvalue weighted by Crippen LogP contribution is -2.25. The van der Waals surface area contributed by atoms with Crippen molar-refractivity contribution in [2.24, 2.45) is 0 Å². The molecule has 0 amide bonds. The first-order valence-corrected chi connectivity index (χ1v) is 4.73. The van der Waals surface area contributed by atoms with Crippen LogP contribution < -0.4 is 15.0 Å². The fraction of sp³-hybridized carbons (Fsp3) is 0.300. The van der Waals surface area contributed by atoms with Gasteiger partial charge in [-0.05, 0) is 24.6 Å². The summed E-state index contributed by atoms with van der Waals surface area (Å²) in [5.74, 6) is -0.677. The number of benzene rings is 1. The third kappa shape index (κ3) is 2.20. The fourth-order valence-electron chi connectivity index (χ4n) is 1.60. The Morgan fingerprint density at radius 1 is 1.41 bits per heavy atom. The molecule has 0 saturated carbocycles. The van der Waals surface area contributed by atoms with Gasteiger partial charge < -0.3 is 14.7 Å². The summed E-state index contributed by atoms with van der Waals surface area (Å²) in [5, 5.41) is 8.60. The number of rotatable bonds is 3. The van der Waals surface area contributed by atoms with E-state index in [1.54, 1.807) is 0 Å². The summed E-state index contributed by atoms with van der Waals surface area (Å²) < 4.78 is 34.1. The Morgan fingerprint density at radius 3 is 2.53 bits per heavy atom. The Balaban J connectivity index is 2.46.